The Kier molecular flexibility index (Phi) is 4.90. The molecule has 2 rings (SSSR count). The molecule has 0 unspecified atom stereocenters. The van der Waals surface area contributed by atoms with Gasteiger partial charge in [0, 0.05) is 5.56 Å². The smallest absolute Gasteiger partial charge is 0.262 e. The lowest BCUT2D eigenvalue weighted by Crippen LogP contribution is -2.21. The molecule has 0 saturated heterocycles. The Bertz CT molecular complexity index is 658. The standard InChI is InChI=1S/C16H19F2N3O/c1-4-11(5-2)21-15(10(3)9-19-21)20-16(22)14-12(17)7-6-8-13(14)18/h6-9,11H,4-5H2,1-3H3,(H,20,22). The highest BCUT2D eigenvalue weighted by molar-refractivity contribution is 6.04. The first-order valence-electron chi connectivity index (χ1n) is 7.29. The molecule has 4 nitrogen and oxygen atoms in total. The van der Waals surface area contributed by atoms with E-state index in [4.69, 9.17) is 0 Å². The first-order valence-corrected chi connectivity index (χ1v) is 7.29. The van der Waals surface area contributed by atoms with Crippen molar-refractivity contribution >= 4 is 11.7 Å². The summed E-state index contributed by atoms with van der Waals surface area (Å²) >= 11 is 0. The average molecular weight is 307 g/mol. The quantitative estimate of drug-likeness (QED) is 0.904. The van der Waals surface area contributed by atoms with E-state index in [1.807, 2.05) is 13.8 Å². The normalized spacial score (nSPS) is 11.0. The van der Waals surface area contributed by atoms with Crippen LogP contribution < -0.4 is 5.32 Å². The van der Waals surface area contributed by atoms with E-state index >= 15 is 0 Å². The van der Waals surface area contributed by atoms with Crippen molar-refractivity contribution in [3.05, 3.63) is 47.2 Å². The fourth-order valence-corrected chi connectivity index (χ4v) is 2.40. The monoisotopic (exact) mass is 307 g/mol. The van der Waals surface area contributed by atoms with E-state index in [1.54, 1.807) is 17.8 Å². The molecule has 0 radical (unpaired) electrons. The number of benzene rings is 1. The lowest BCUT2D eigenvalue weighted by molar-refractivity contribution is 0.101. The maximum absolute atomic E-state index is 13.7. The van der Waals surface area contributed by atoms with Gasteiger partial charge in [0.1, 0.15) is 23.0 Å². The van der Waals surface area contributed by atoms with Crippen LogP contribution in [0.2, 0.25) is 0 Å². The summed E-state index contributed by atoms with van der Waals surface area (Å²) < 4.78 is 29.1. The molecular formula is C16H19F2N3O. The van der Waals surface area contributed by atoms with Crippen molar-refractivity contribution in [1.82, 2.24) is 9.78 Å². The van der Waals surface area contributed by atoms with E-state index in [0.717, 1.165) is 30.5 Å². The minimum atomic E-state index is -0.885. The molecule has 2 aromatic rings. The fourth-order valence-electron chi connectivity index (χ4n) is 2.40. The highest BCUT2D eigenvalue weighted by Gasteiger charge is 2.21. The zero-order valence-corrected chi connectivity index (χ0v) is 12.9. The highest BCUT2D eigenvalue weighted by atomic mass is 19.1. The molecule has 22 heavy (non-hydrogen) atoms. The van der Waals surface area contributed by atoms with E-state index in [2.05, 4.69) is 10.4 Å². The number of nitrogens with one attached hydrogen (secondary N) is 1. The summed E-state index contributed by atoms with van der Waals surface area (Å²) in [6.07, 6.45) is 3.31. The number of halogens is 2. The molecule has 0 spiro atoms. The van der Waals surface area contributed by atoms with Crippen molar-refractivity contribution in [2.75, 3.05) is 5.32 Å². The number of carbonyl (C=O) groups excluding carboxylic acids is 1. The summed E-state index contributed by atoms with van der Waals surface area (Å²) in [5.74, 6) is -2.11. The van der Waals surface area contributed by atoms with Crippen molar-refractivity contribution in [2.24, 2.45) is 0 Å². The Morgan fingerprint density at radius 2 is 1.86 bits per heavy atom. The maximum atomic E-state index is 13.7. The van der Waals surface area contributed by atoms with Crippen LogP contribution in [0, 0.1) is 18.6 Å². The lowest BCUT2D eigenvalue weighted by atomic mass is 10.1. The molecule has 1 N–H and O–H groups in total. The molecule has 0 aliphatic carbocycles. The molecule has 0 aliphatic rings. The van der Waals surface area contributed by atoms with Crippen molar-refractivity contribution in [1.29, 1.82) is 0 Å². The van der Waals surface area contributed by atoms with E-state index in [9.17, 15) is 13.6 Å². The molecule has 0 fully saturated rings. The average Bonchev–Trinajstić information content (AvgIpc) is 2.82. The summed E-state index contributed by atoms with van der Waals surface area (Å²) in [4.78, 5) is 12.2. The number of amides is 1. The summed E-state index contributed by atoms with van der Waals surface area (Å²) in [5, 5.41) is 6.85. The molecule has 1 heterocycles. The van der Waals surface area contributed by atoms with Crippen molar-refractivity contribution < 1.29 is 13.6 Å². The number of nitrogens with zero attached hydrogens (tertiary/aromatic N) is 2. The zero-order chi connectivity index (χ0) is 16.3. The first-order chi connectivity index (χ1) is 10.5. The van der Waals surface area contributed by atoms with Crippen molar-refractivity contribution in [3.8, 4) is 0 Å². The van der Waals surface area contributed by atoms with Gasteiger partial charge in [0.25, 0.3) is 5.91 Å². The predicted molar refractivity (Wildman–Crippen MR) is 80.9 cm³/mol. The van der Waals surface area contributed by atoms with Crippen LogP contribution in [-0.4, -0.2) is 15.7 Å². The zero-order valence-electron chi connectivity index (χ0n) is 12.9. The summed E-state index contributed by atoms with van der Waals surface area (Å²) in [5.41, 5.74) is 0.163. The maximum Gasteiger partial charge on any atom is 0.262 e. The fraction of sp³-hybridized carbons (Fsp3) is 0.375. The van der Waals surface area contributed by atoms with E-state index in [0.29, 0.717) is 5.82 Å². The van der Waals surface area contributed by atoms with Crippen molar-refractivity contribution in [2.45, 2.75) is 39.7 Å². The molecule has 6 heteroatoms. The second kappa shape index (κ2) is 6.68. The van der Waals surface area contributed by atoms with Crippen LogP contribution >= 0.6 is 0 Å². The predicted octanol–water partition coefficient (Wildman–Crippen LogP) is 4.08. The minimum Gasteiger partial charge on any atom is -0.306 e. The molecule has 118 valence electrons. The SMILES string of the molecule is CCC(CC)n1ncc(C)c1NC(=O)c1c(F)cccc1F. The number of aromatic nitrogens is 2. The second-order valence-corrected chi connectivity index (χ2v) is 5.14. The Labute approximate surface area is 128 Å². The Hall–Kier alpha value is -2.24. The molecule has 0 aliphatic heterocycles. The molecule has 0 bridgehead atoms. The summed E-state index contributed by atoms with van der Waals surface area (Å²) in [6, 6.07) is 3.46. The number of hydrogen-bond donors (Lipinski definition) is 1. The minimum absolute atomic E-state index is 0.120. The number of aryl methyl sites for hydroxylation is 1. The molecule has 0 saturated carbocycles. The third kappa shape index (κ3) is 3.00. The first kappa shape index (κ1) is 16.1. The van der Waals surface area contributed by atoms with Gasteiger partial charge in [-0.2, -0.15) is 5.10 Å². The van der Waals surface area contributed by atoms with Crippen LogP contribution in [0.25, 0.3) is 0 Å². The van der Waals surface area contributed by atoms with Crippen LogP contribution in [0.5, 0.6) is 0 Å². The Balaban J connectivity index is 2.35. The van der Waals surface area contributed by atoms with Crippen LogP contribution in [0.15, 0.2) is 24.4 Å². The Morgan fingerprint density at radius 1 is 1.27 bits per heavy atom. The second-order valence-electron chi connectivity index (χ2n) is 5.14. The van der Waals surface area contributed by atoms with Gasteiger partial charge < -0.3 is 5.32 Å². The van der Waals surface area contributed by atoms with E-state index in [-0.39, 0.29) is 6.04 Å². The Morgan fingerprint density at radius 3 is 2.41 bits per heavy atom. The number of anilines is 1. The third-order valence-corrected chi connectivity index (χ3v) is 3.69. The number of hydrogen-bond acceptors (Lipinski definition) is 2. The van der Waals surface area contributed by atoms with Gasteiger partial charge in [0.2, 0.25) is 0 Å². The molecule has 1 amide bonds. The van der Waals surface area contributed by atoms with Crippen LogP contribution in [0.4, 0.5) is 14.6 Å². The number of carbonyl (C=O) groups is 1. The molecule has 1 aromatic carbocycles. The molecular weight excluding hydrogens is 288 g/mol. The van der Waals surface area contributed by atoms with Gasteiger partial charge in [0.05, 0.1) is 12.2 Å². The topological polar surface area (TPSA) is 46.9 Å². The van der Waals surface area contributed by atoms with Gasteiger partial charge in [-0.15, -0.1) is 0 Å². The van der Waals surface area contributed by atoms with E-state index in [1.165, 1.54) is 6.07 Å². The van der Waals surface area contributed by atoms with E-state index < -0.39 is 23.1 Å². The summed E-state index contributed by atoms with van der Waals surface area (Å²) in [6.45, 7) is 5.83. The third-order valence-electron chi connectivity index (χ3n) is 3.69. The van der Waals surface area contributed by atoms with Gasteiger partial charge in [0.15, 0.2) is 0 Å². The summed E-state index contributed by atoms with van der Waals surface area (Å²) in [7, 11) is 0. The highest BCUT2D eigenvalue weighted by Crippen LogP contribution is 2.24. The van der Waals surface area contributed by atoms with Gasteiger partial charge in [-0.1, -0.05) is 19.9 Å². The van der Waals surface area contributed by atoms with Gasteiger partial charge in [-0.05, 0) is 31.9 Å². The number of rotatable bonds is 5. The van der Waals surface area contributed by atoms with Gasteiger partial charge in [-0.25, -0.2) is 13.5 Å². The molecule has 1 aromatic heterocycles. The van der Waals surface area contributed by atoms with Gasteiger partial charge in [-0.3, -0.25) is 4.79 Å². The lowest BCUT2D eigenvalue weighted by Gasteiger charge is -2.18. The van der Waals surface area contributed by atoms with Crippen LogP contribution in [0.1, 0.15) is 48.7 Å². The van der Waals surface area contributed by atoms with Crippen LogP contribution in [0.3, 0.4) is 0 Å². The van der Waals surface area contributed by atoms with Gasteiger partial charge >= 0.3 is 0 Å². The molecule has 0 atom stereocenters. The largest absolute Gasteiger partial charge is 0.306 e. The van der Waals surface area contributed by atoms with Crippen molar-refractivity contribution in [3.63, 3.8) is 0 Å². The van der Waals surface area contributed by atoms with Crippen LogP contribution in [-0.2, 0) is 0 Å².